The summed E-state index contributed by atoms with van der Waals surface area (Å²) in [6.07, 6.45) is 9.25. The highest BCUT2D eigenvalue weighted by atomic mass is 16.4. The summed E-state index contributed by atoms with van der Waals surface area (Å²) in [6, 6.07) is -0.0900. The quantitative estimate of drug-likeness (QED) is 0.688. The minimum absolute atomic E-state index is 0.219. The van der Waals surface area contributed by atoms with E-state index < -0.39 is 11.5 Å². The summed E-state index contributed by atoms with van der Waals surface area (Å²) in [5, 5.41) is 15.1. The fourth-order valence-corrected chi connectivity index (χ4v) is 3.23. The van der Waals surface area contributed by atoms with Gasteiger partial charge in [0.05, 0.1) is 0 Å². The van der Waals surface area contributed by atoms with Crippen LogP contribution < -0.4 is 10.6 Å². The Morgan fingerprint density at radius 3 is 2.05 bits per heavy atom. The summed E-state index contributed by atoms with van der Waals surface area (Å²) in [5.74, 6) is -0.893. The third kappa shape index (κ3) is 3.61. The normalized spacial score (nSPS) is 23.6. The number of hydrogen-bond donors (Lipinski definition) is 3. The molecule has 2 amide bonds. The molecule has 0 spiro atoms. The zero-order valence-corrected chi connectivity index (χ0v) is 11.4. The third-order valence-corrected chi connectivity index (χ3v) is 4.41. The van der Waals surface area contributed by atoms with Gasteiger partial charge in [0, 0.05) is 6.04 Å². The number of rotatable bonds is 3. The maximum Gasteiger partial charge on any atom is 0.329 e. The van der Waals surface area contributed by atoms with Crippen molar-refractivity contribution in [2.24, 2.45) is 0 Å². The molecule has 0 aromatic rings. The summed E-state index contributed by atoms with van der Waals surface area (Å²) >= 11 is 0. The smallest absolute Gasteiger partial charge is 0.329 e. The third-order valence-electron chi connectivity index (χ3n) is 4.41. The van der Waals surface area contributed by atoms with Gasteiger partial charge in [-0.05, 0) is 25.7 Å². The van der Waals surface area contributed by atoms with Crippen molar-refractivity contribution in [3.05, 3.63) is 0 Å². The van der Waals surface area contributed by atoms with Crippen LogP contribution in [-0.4, -0.2) is 28.7 Å². The van der Waals surface area contributed by atoms with E-state index in [1.807, 2.05) is 0 Å². The Balaban J connectivity index is 1.94. The van der Waals surface area contributed by atoms with E-state index in [2.05, 4.69) is 10.6 Å². The molecule has 2 aliphatic carbocycles. The van der Waals surface area contributed by atoms with Crippen molar-refractivity contribution in [1.82, 2.24) is 10.6 Å². The Bertz CT molecular complexity index is 330. The predicted molar refractivity (Wildman–Crippen MR) is 72.0 cm³/mol. The van der Waals surface area contributed by atoms with Crippen molar-refractivity contribution in [1.29, 1.82) is 0 Å². The molecule has 3 N–H and O–H groups in total. The molecule has 2 rings (SSSR count). The molecular weight excluding hydrogens is 244 g/mol. The van der Waals surface area contributed by atoms with Gasteiger partial charge in [0.25, 0.3) is 0 Å². The van der Waals surface area contributed by atoms with E-state index in [1.165, 1.54) is 0 Å². The molecular formula is C14H24N2O3. The maximum atomic E-state index is 12.0. The number of carbonyl (C=O) groups is 2. The Labute approximate surface area is 114 Å². The molecule has 0 heterocycles. The molecule has 0 saturated heterocycles. The summed E-state index contributed by atoms with van der Waals surface area (Å²) in [5.41, 5.74) is -1.06. The zero-order chi connectivity index (χ0) is 13.7. The average Bonchev–Trinajstić information content (AvgIpc) is 2.73. The van der Waals surface area contributed by atoms with E-state index in [0.717, 1.165) is 51.4 Å². The fourth-order valence-electron chi connectivity index (χ4n) is 3.23. The van der Waals surface area contributed by atoms with Crippen molar-refractivity contribution < 1.29 is 14.7 Å². The summed E-state index contributed by atoms with van der Waals surface area (Å²) < 4.78 is 0. The minimum atomic E-state index is -1.06. The Kier molecular flexibility index (Phi) is 4.66. The molecule has 0 radical (unpaired) electrons. The van der Waals surface area contributed by atoms with E-state index in [9.17, 15) is 14.7 Å². The molecule has 0 aromatic heterocycles. The molecule has 108 valence electrons. The minimum Gasteiger partial charge on any atom is -0.480 e. The largest absolute Gasteiger partial charge is 0.480 e. The van der Waals surface area contributed by atoms with Crippen molar-refractivity contribution in [3.8, 4) is 0 Å². The molecule has 5 heteroatoms. The molecule has 0 aliphatic heterocycles. The first-order valence-electron chi connectivity index (χ1n) is 7.44. The second-order valence-corrected chi connectivity index (χ2v) is 5.88. The number of urea groups is 1. The molecule has 2 saturated carbocycles. The van der Waals surface area contributed by atoms with E-state index >= 15 is 0 Å². The van der Waals surface area contributed by atoms with Crippen LogP contribution in [0.1, 0.15) is 64.2 Å². The number of aliphatic carboxylic acids is 1. The standard InChI is InChI=1S/C14H24N2O3/c17-12(18)14(9-5-1-2-6-10-14)16-13(19)15-11-7-3-4-8-11/h11H,1-10H2,(H,17,18)(H2,15,16,19). The van der Waals surface area contributed by atoms with Crippen LogP contribution in [0.3, 0.4) is 0 Å². The number of hydrogen-bond acceptors (Lipinski definition) is 2. The molecule has 2 fully saturated rings. The Morgan fingerprint density at radius 2 is 1.53 bits per heavy atom. The Morgan fingerprint density at radius 1 is 0.947 bits per heavy atom. The molecule has 0 unspecified atom stereocenters. The molecule has 19 heavy (non-hydrogen) atoms. The highest BCUT2D eigenvalue weighted by Crippen LogP contribution is 2.27. The van der Waals surface area contributed by atoms with E-state index in [0.29, 0.717) is 12.8 Å². The first kappa shape index (κ1) is 14.2. The number of amides is 2. The summed E-state index contributed by atoms with van der Waals surface area (Å²) in [4.78, 5) is 23.6. The number of carbonyl (C=O) groups excluding carboxylic acids is 1. The van der Waals surface area contributed by atoms with Crippen molar-refractivity contribution >= 4 is 12.0 Å². The molecule has 0 bridgehead atoms. The van der Waals surface area contributed by atoms with Gasteiger partial charge in [0.1, 0.15) is 5.54 Å². The van der Waals surface area contributed by atoms with E-state index in [1.54, 1.807) is 0 Å². The predicted octanol–water partition coefficient (Wildman–Crippen LogP) is 2.41. The van der Waals surface area contributed by atoms with E-state index in [-0.39, 0.29) is 12.1 Å². The van der Waals surface area contributed by atoms with Crippen LogP contribution in [0.2, 0.25) is 0 Å². The highest BCUT2D eigenvalue weighted by molar-refractivity contribution is 5.86. The number of nitrogens with one attached hydrogen (secondary N) is 2. The highest BCUT2D eigenvalue weighted by Gasteiger charge is 2.40. The fraction of sp³-hybridized carbons (Fsp3) is 0.857. The first-order valence-corrected chi connectivity index (χ1v) is 7.44. The van der Waals surface area contributed by atoms with Crippen LogP contribution in [0.15, 0.2) is 0 Å². The monoisotopic (exact) mass is 268 g/mol. The van der Waals surface area contributed by atoms with Crippen LogP contribution in [-0.2, 0) is 4.79 Å². The van der Waals surface area contributed by atoms with Crippen molar-refractivity contribution in [3.63, 3.8) is 0 Å². The number of carboxylic acid groups (broad SMARTS) is 1. The van der Waals surface area contributed by atoms with Gasteiger partial charge in [-0.25, -0.2) is 9.59 Å². The lowest BCUT2D eigenvalue weighted by atomic mass is 9.90. The molecule has 0 aromatic carbocycles. The van der Waals surface area contributed by atoms with Gasteiger partial charge in [0.15, 0.2) is 0 Å². The number of carboxylic acids is 1. The first-order chi connectivity index (χ1) is 9.12. The van der Waals surface area contributed by atoms with Gasteiger partial charge in [-0.2, -0.15) is 0 Å². The van der Waals surface area contributed by atoms with Crippen LogP contribution in [0.5, 0.6) is 0 Å². The van der Waals surface area contributed by atoms with Gasteiger partial charge in [-0.1, -0.05) is 38.5 Å². The Hall–Kier alpha value is -1.26. The van der Waals surface area contributed by atoms with Crippen LogP contribution in [0.4, 0.5) is 4.79 Å². The SMILES string of the molecule is O=C(NC1CCCC1)NC1(C(=O)O)CCCCCC1. The van der Waals surface area contributed by atoms with Gasteiger partial charge < -0.3 is 15.7 Å². The summed E-state index contributed by atoms with van der Waals surface area (Å²) in [6.45, 7) is 0. The van der Waals surface area contributed by atoms with Crippen LogP contribution in [0.25, 0.3) is 0 Å². The maximum absolute atomic E-state index is 12.0. The van der Waals surface area contributed by atoms with Gasteiger partial charge >= 0.3 is 12.0 Å². The van der Waals surface area contributed by atoms with Crippen LogP contribution in [0, 0.1) is 0 Å². The lowest BCUT2D eigenvalue weighted by Gasteiger charge is -2.30. The second-order valence-electron chi connectivity index (χ2n) is 5.88. The van der Waals surface area contributed by atoms with Crippen molar-refractivity contribution in [2.45, 2.75) is 75.8 Å². The van der Waals surface area contributed by atoms with Gasteiger partial charge in [-0.15, -0.1) is 0 Å². The summed E-state index contributed by atoms with van der Waals surface area (Å²) in [7, 11) is 0. The molecule has 0 atom stereocenters. The zero-order valence-electron chi connectivity index (χ0n) is 11.4. The van der Waals surface area contributed by atoms with E-state index in [4.69, 9.17) is 0 Å². The van der Waals surface area contributed by atoms with Crippen LogP contribution >= 0.6 is 0 Å². The second kappa shape index (κ2) is 6.26. The van der Waals surface area contributed by atoms with Gasteiger partial charge in [-0.3, -0.25) is 0 Å². The average molecular weight is 268 g/mol. The molecule has 2 aliphatic rings. The topological polar surface area (TPSA) is 78.4 Å². The molecule has 5 nitrogen and oxygen atoms in total. The van der Waals surface area contributed by atoms with Gasteiger partial charge in [0.2, 0.25) is 0 Å². The van der Waals surface area contributed by atoms with Crippen molar-refractivity contribution in [2.75, 3.05) is 0 Å². The lowest BCUT2D eigenvalue weighted by Crippen LogP contribution is -2.58. The lowest BCUT2D eigenvalue weighted by molar-refractivity contribution is -0.145.